The molecule has 0 unspecified atom stereocenters. The number of amides is 1. The number of nitrogens with one attached hydrogen (secondary N) is 1. The maximum Gasteiger partial charge on any atom is 0.326 e. The smallest absolute Gasteiger partial charge is 0.326 e. The van der Waals surface area contributed by atoms with Crippen molar-refractivity contribution in [3.05, 3.63) is 104 Å². The van der Waals surface area contributed by atoms with Gasteiger partial charge < -0.3 is 5.32 Å². The highest BCUT2D eigenvalue weighted by Crippen LogP contribution is 2.31. The van der Waals surface area contributed by atoms with E-state index in [0.717, 1.165) is 39.8 Å². The fourth-order valence-electron chi connectivity index (χ4n) is 4.63. The molecular formula is C28H22BrClFN5O. The Hall–Kier alpha value is -3.51. The zero-order valence-corrected chi connectivity index (χ0v) is 22.1. The summed E-state index contributed by atoms with van der Waals surface area (Å²) in [6.07, 6.45) is 6.33. The molecule has 9 heteroatoms. The normalized spacial score (nSPS) is 13.6. The minimum atomic E-state index is -0.287. The van der Waals surface area contributed by atoms with Crippen molar-refractivity contribution in [2.24, 2.45) is 0 Å². The zero-order valence-electron chi connectivity index (χ0n) is 19.7. The first-order valence-electron chi connectivity index (χ1n) is 11.7. The van der Waals surface area contributed by atoms with Gasteiger partial charge in [-0.05, 0) is 69.0 Å². The van der Waals surface area contributed by atoms with Crippen LogP contribution >= 0.6 is 27.5 Å². The quantitative estimate of drug-likeness (QED) is 0.282. The Bertz CT molecular complexity index is 1580. The number of hydrogen-bond donors (Lipinski definition) is 1. The van der Waals surface area contributed by atoms with Crippen molar-refractivity contribution in [2.75, 3.05) is 13.1 Å². The van der Waals surface area contributed by atoms with Crippen molar-refractivity contribution in [1.82, 2.24) is 19.8 Å². The minimum Gasteiger partial charge on any atom is -0.333 e. The molecule has 0 saturated carbocycles. The van der Waals surface area contributed by atoms with Crippen LogP contribution in [0.3, 0.4) is 0 Å². The molecule has 1 amide bonds. The van der Waals surface area contributed by atoms with Gasteiger partial charge in [0.05, 0.1) is 21.6 Å². The lowest BCUT2D eigenvalue weighted by atomic mass is 10.0. The average Bonchev–Trinajstić information content (AvgIpc) is 3.22. The molecule has 4 aromatic rings. The lowest BCUT2D eigenvalue weighted by molar-refractivity contribution is 0.240. The number of rotatable bonds is 5. The standard InChI is InChI=1S/C28H22BrClFN5O/c29-23-12-18(4-6-24(23)31)2-1-10-35-11-8-25-22(17-35)21-5-3-19(15-32)13-26(21)36(25)28(37)34-16-20-7-9-33-27(30)14-20/h1-7,9,12-14H,8,10-11,16-17H2,(H,34,37). The van der Waals surface area contributed by atoms with E-state index in [-0.39, 0.29) is 11.8 Å². The molecule has 0 fully saturated rings. The van der Waals surface area contributed by atoms with E-state index in [0.29, 0.717) is 41.2 Å². The van der Waals surface area contributed by atoms with Crippen LogP contribution in [-0.2, 0) is 19.5 Å². The van der Waals surface area contributed by atoms with Crippen LogP contribution in [0.4, 0.5) is 9.18 Å². The summed E-state index contributed by atoms with van der Waals surface area (Å²) in [4.78, 5) is 19.7. The van der Waals surface area contributed by atoms with Crippen molar-refractivity contribution < 1.29 is 9.18 Å². The van der Waals surface area contributed by atoms with Gasteiger partial charge in [0.1, 0.15) is 11.0 Å². The maximum absolute atomic E-state index is 13.5. The molecule has 1 aliphatic rings. The van der Waals surface area contributed by atoms with E-state index in [4.69, 9.17) is 11.6 Å². The molecule has 2 aromatic carbocycles. The van der Waals surface area contributed by atoms with Crippen LogP contribution in [0, 0.1) is 17.1 Å². The van der Waals surface area contributed by atoms with Crippen LogP contribution in [0.1, 0.15) is 27.9 Å². The first-order chi connectivity index (χ1) is 17.9. The molecule has 5 rings (SSSR count). The van der Waals surface area contributed by atoms with Crippen molar-refractivity contribution in [3.8, 4) is 6.07 Å². The summed E-state index contributed by atoms with van der Waals surface area (Å²) in [5, 5.41) is 13.8. The molecule has 1 aliphatic heterocycles. The molecule has 0 saturated heterocycles. The summed E-state index contributed by atoms with van der Waals surface area (Å²) in [7, 11) is 0. The third-order valence-electron chi connectivity index (χ3n) is 6.41. The largest absolute Gasteiger partial charge is 0.333 e. The molecule has 186 valence electrons. The first kappa shape index (κ1) is 25.2. The van der Waals surface area contributed by atoms with Gasteiger partial charge in [0.25, 0.3) is 0 Å². The van der Waals surface area contributed by atoms with E-state index in [1.807, 2.05) is 12.1 Å². The summed E-state index contributed by atoms with van der Waals surface area (Å²) in [6.45, 7) is 2.48. The van der Waals surface area contributed by atoms with Crippen LogP contribution < -0.4 is 5.32 Å². The molecule has 6 nitrogen and oxygen atoms in total. The highest BCUT2D eigenvalue weighted by atomic mass is 79.9. The minimum absolute atomic E-state index is 0.246. The zero-order chi connectivity index (χ0) is 25.9. The Kier molecular flexibility index (Phi) is 7.38. The number of benzene rings is 2. The molecule has 0 bridgehead atoms. The number of carbonyl (C=O) groups excluding carboxylic acids is 1. The second kappa shape index (κ2) is 10.9. The Balaban J connectivity index is 1.39. The van der Waals surface area contributed by atoms with E-state index in [1.165, 1.54) is 6.07 Å². The fraction of sp³-hybridized carbons (Fsp3) is 0.179. The fourth-order valence-corrected chi connectivity index (χ4v) is 5.23. The predicted molar refractivity (Wildman–Crippen MR) is 146 cm³/mol. The molecule has 0 spiro atoms. The third-order valence-corrected chi connectivity index (χ3v) is 7.23. The first-order valence-corrected chi connectivity index (χ1v) is 12.9. The number of nitriles is 1. The molecule has 0 atom stereocenters. The number of pyridine rings is 1. The van der Waals surface area contributed by atoms with Crippen LogP contribution in [-0.4, -0.2) is 33.6 Å². The monoisotopic (exact) mass is 577 g/mol. The van der Waals surface area contributed by atoms with Crippen molar-refractivity contribution in [2.45, 2.75) is 19.5 Å². The second-order valence-corrected chi connectivity index (χ2v) is 10.1. The van der Waals surface area contributed by atoms with Crippen LogP contribution in [0.5, 0.6) is 0 Å². The summed E-state index contributed by atoms with van der Waals surface area (Å²) in [6, 6.07) is 15.9. The van der Waals surface area contributed by atoms with E-state index in [9.17, 15) is 14.4 Å². The topological polar surface area (TPSA) is 74.0 Å². The molecule has 0 aliphatic carbocycles. The molecule has 0 radical (unpaired) electrons. The lowest BCUT2D eigenvalue weighted by Crippen LogP contribution is -2.34. The van der Waals surface area contributed by atoms with E-state index < -0.39 is 0 Å². The third kappa shape index (κ3) is 5.44. The van der Waals surface area contributed by atoms with Gasteiger partial charge in [0.15, 0.2) is 0 Å². The number of fused-ring (bicyclic) bond motifs is 3. The Morgan fingerprint density at radius 3 is 2.89 bits per heavy atom. The van der Waals surface area contributed by atoms with Gasteiger partial charge in [0, 0.05) is 49.9 Å². The number of hydrogen-bond acceptors (Lipinski definition) is 4. The highest BCUT2D eigenvalue weighted by molar-refractivity contribution is 9.10. The predicted octanol–water partition coefficient (Wildman–Crippen LogP) is 6.29. The average molecular weight is 579 g/mol. The summed E-state index contributed by atoms with van der Waals surface area (Å²) >= 11 is 9.20. The van der Waals surface area contributed by atoms with Gasteiger partial charge in [-0.25, -0.2) is 14.2 Å². The van der Waals surface area contributed by atoms with Gasteiger partial charge in [-0.1, -0.05) is 35.9 Å². The summed E-state index contributed by atoms with van der Waals surface area (Å²) in [5.74, 6) is -0.287. The van der Waals surface area contributed by atoms with Gasteiger partial charge in [-0.2, -0.15) is 5.26 Å². The number of halogens is 3. The molecular weight excluding hydrogens is 557 g/mol. The van der Waals surface area contributed by atoms with E-state index in [2.05, 4.69) is 43.3 Å². The number of nitrogens with zero attached hydrogens (tertiary/aromatic N) is 4. The number of carbonyl (C=O) groups is 1. The number of aromatic nitrogens is 2. The molecule has 37 heavy (non-hydrogen) atoms. The molecule has 3 heterocycles. The van der Waals surface area contributed by atoms with Crippen LogP contribution in [0.2, 0.25) is 5.15 Å². The van der Waals surface area contributed by atoms with Crippen molar-refractivity contribution in [3.63, 3.8) is 0 Å². The molecule has 2 aromatic heterocycles. The van der Waals surface area contributed by atoms with Crippen molar-refractivity contribution >= 4 is 50.5 Å². The van der Waals surface area contributed by atoms with E-state index in [1.54, 1.807) is 47.2 Å². The second-order valence-electron chi connectivity index (χ2n) is 8.81. The summed E-state index contributed by atoms with van der Waals surface area (Å²) < 4.78 is 15.6. The highest BCUT2D eigenvalue weighted by Gasteiger charge is 2.26. The van der Waals surface area contributed by atoms with Gasteiger partial charge in [-0.15, -0.1) is 0 Å². The van der Waals surface area contributed by atoms with Crippen LogP contribution in [0.15, 0.2) is 65.3 Å². The SMILES string of the molecule is N#Cc1ccc2c3c(n(C(=O)NCc4ccnc(Cl)c4)c2c1)CCN(CC=Cc1ccc(F)c(Br)c1)C3. The molecule has 1 N–H and O–H groups in total. The Morgan fingerprint density at radius 2 is 2.11 bits per heavy atom. The van der Waals surface area contributed by atoms with Crippen molar-refractivity contribution in [1.29, 1.82) is 5.26 Å². The van der Waals surface area contributed by atoms with Gasteiger partial charge >= 0.3 is 6.03 Å². The summed E-state index contributed by atoms with van der Waals surface area (Å²) in [5.41, 5.74) is 5.04. The lowest BCUT2D eigenvalue weighted by Gasteiger charge is -2.27. The van der Waals surface area contributed by atoms with Gasteiger partial charge in [0.2, 0.25) is 0 Å². The Morgan fingerprint density at radius 1 is 1.24 bits per heavy atom. The van der Waals surface area contributed by atoms with E-state index >= 15 is 0 Å². The van der Waals surface area contributed by atoms with Gasteiger partial charge in [-0.3, -0.25) is 9.47 Å². The maximum atomic E-state index is 13.5. The van der Waals surface area contributed by atoms with Crippen LogP contribution in [0.25, 0.3) is 17.0 Å². The Labute approximate surface area is 227 Å².